The van der Waals surface area contributed by atoms with Gasteiger partial charge < -0.3 is 10.2 Å². The second-order valence-corrected chi connectivity index (χ2v) is 7.82. The van der Waals surface area contributed by atoms with Crippen molar-refractivity contribution in [2.45, 2.75) is 124 Å². The molecule has 0 aliphatic carbocycles. The van der Waals surface area contributed by atoms with Gasteiger partial charge in [0.05, 0.1) is 0 Å². The highest BCUT2D eigenvalue weighted by Gasteiger charge is 2.11. The number of nitrogens with zero attached hydrogens (tertiary/aromatic N) is 1. The summed E-state index contributed by atoms with van der Waals surface area (Å²) in [5.41, 5.74) is 0. The van der Waals surface area contributed by atoms with Gasteiger partial charge in [-0.2, -0.15) is 0 Å². The molecular formula is C23H48N2O. The maximum absolute atomic E-state index is 12.5. The smallest absolute Gasteiger partial charge is 0.317 e. The Balaban J connectivity index is 3.84. The molecule has 1 N–H and O–H groups in total. The molecule has 3 heteroatoms. The number of hydrogen-bond acceptors (Lipinski definition) is 1. The largest absolute Gasteiger partial charge is 0.338 e. The van der Waals surface area contributed by atoms with Crippen LogP contribution in [-0.4, -0.2) is 30.6 Å². The van der Waals surface area contributed by atoms with Gasteiger partial charge in [0, 0.05) is 19.6 Å². The molecule has 0 saturated heterocycles. The van der Waals surface area contributed by atoms with E-state index in [1.165, 1.54) is 83.5 Å². The van der Waals surface area contributed by atoms with Crippen molar-refractivity contribution in [3.63, 3.8) is 0 Å². The molecule has 0 rings (SSSR count). The Morgan fingerprint density at radius 3 is 1.42 bits per heavy atom. The number of unbranched alkanes of at least 4 members (excludes halogenated alkanes) is 13. The number of carbonyl (C=O) groups excluding carboxylic acids is 1. The zero-order valence-corrected chi connectivity index (χ0v) is 18.3. The van der Waals surface area contributed by atoms with Gasteiger partial charge >= 0.3 is 6.03 Å². The van der Waals surface area contributed by atoms with Crippen molar-refractivity contribution >= 4 is 6.03 Å². The van der Waals surface area contributed by atoms with E-state index in [0.717, 1.165) is 38.9 Å². The molecule has 0 aromatic rings. The van der Waals surface area contributed by atoms with Gasteiger partial charge in [0.15, 0.2) is 0 Å². The highest BCUT2D eigenvalue weighted by atomic mass is 16.2. The monoisotopic (exact) mass is 368 g/mol. The van der Waals surface area contributed by atoms with Gasteiger partial charge in [-0.05, 0) is 19.3 Å². The van der Waals surface area contributed by atoms with E-state index in [1.807, 2.05) is 0 Å². The predicted octanol–water partition coefficient (Wildman–Crippen LogP) is 7.30. The summed E-state index contributed by atoms with van der Waals surface area (Å²) in [5, 5.41) is 3.16. The van der Waals surface area contributed by atoms with E-state index in [2.05, 4.69) is 31.0 Å². The van der Waals surface area contributed by atoms with Gasteiger partial charge in [-0.3, -0.25) is 0 Å². The molecule has 0 atom stereocenters. The quantitative estimate of drug-likeness (QED) is 0.238. The average Bonchev–Trinajstić information content (AvgIpc) is 2.65. The lowest BCUT2D eigenvalue weighted by Gasteiger charge is -2.23. The third kappa shape index (κ3) is 16.7. The summed E-state index contributed by atoms with van der Waals surface area (Å²) in [7, 11) is 0. The topological polar surface area (TPSA) is 32.3 Å². The minimum Gasteiger partial charge on any atom is -0.338 e. The van der Waals surface area contributed by atoms with Gasteiger partial charge in [0.25, 0.3) is 0 Å². The first kappa shape index (κ1) is 25.3. The Bertz CT molecular complexity index is 282. The second-order valence-electron chi connectivity index (χ2n) is 7.82. The van der Waals surface area contributed by atoms with Crippen LogP contribution in [0, 0.1) is 0 Å². The zero-order chi connectivity index (χ0) is 19.3. The number of nitrogens with one attached hydrogen (secondary N) is 1. The number of rotatable bonds is 19. The van der Waals surface area contributed by atoms with Gasteiger partial charge in [0.1, 0.15) is 0 Å². The van der Waals surface area contributed by atoms with E-state index in [9.17, 15) is 4.79 Å². The minimum atomic E-state index is 0.168. The first-order valence-electron chi connectivity index (χ1n) is 11.8. The van der Waals surface area contributed by atoms with Gasteiger partial charge in [-0.15, -0.1) is 0 Å². The van der Waals surface area contributed by atoms with Crippen molar-refractivity contribution < 1.29 is 4.79 Å². The van der Waals surface area contributed by atoms with Crippen LogP contribution in [0.1, 0.15) is 124 Å². The fourth-order valence-corrected chi connectivity index (χ4v) is 3.34. The molecule has 0 saturated carbocycles. The van der Waals surface area contributed by atoms with Crippen LogP contribution in [-0.2, 0) is 0 Å². The summed E-state index contributed by atoms with van der Waals surface area (Å²) in [6, 6.07) is 0.168. The number of urea groups is 1. The van der Waals surface area contributed by atoms with Crippen LogP contribution in [0.5, 0.6) is 0 Å². The van der Waals surface area contributed by atoms with Crippen molar-refractivity contribution in [3.05, 3.63) is 0 Å². The van der Waals surface area contributed by atoms with E-state index in [0.29, 0.717) is 0 Å². The molecule has 0 aromatic heterocycles. The van der Waals surface area contributed by atoms with Crippen LogP contribution in [0.25, 0.3) is 0 Å². The average molecular weight is 369 g/mol. The lowest BCUT2D eigenvalue weighted by Crippen LogP contribution is -2.41. The van der Waals surface area contributed by atoms with Gasteiger partial charge in [-0.25, -0.2) is 4.79 Å². The Labute approximate surface area is 164 Å². The number of hydrogen-bond donors (Lipinski definition) is 1. The first-order chi connectivity index (χ1) is 12.8. The summed E-state index contributed by atoms with van der Waals surface area (Å²) < 4.78 is 0. The van der Waals surface area contributed by atoms with Crippen molar-refractivity contribution in [3.8, 4) is 0 Å². The molecule has 26 heavy (non-hydrogen) atoms. The third-order valence-corrected chi connectivity index (χ3v) is 5.16. The lowest BCUT2D eigenvalue weighted by atomic mass is 10.1. The molecule has 0 spiro atoms. The van der Waals surface area contributed by atoms with Crippen LogP contribution >= 0.6 is 0 Å². The zero-order valence-electron chi connectivity index (χ0n) is 18.3. The first-order valence-corrected chi connectivity index (χ1v) is 11.8. The molecule has 2 amide bonds. The molecular weight excluding hydrogens is 320 g/mol. The van der Waals surface area contributed by atoms with E-state index in [-0.39, 0.29) is 6.03 Å². The Morgan fingerprint density at radius 2 is 0.962 bits per heavy atom. The molecule has 0 aliphatic rings. The van der Waals surface area contributed by atoms with Crippen LogP contribution < -0.4 is 5.32 Å². The van der Waals surface area contributed by atoms with Crippen molar-refractivity contribution in [2.24, 2.45) is 0 Å². The highest BCUT2D eigenvalue weighted by Crippen LogP contribution is 2.08. The highest BCUT2D eigenvalue weighted by molar-refractivity contribution is 5.74. The standard InChI is InChI=1S/C23H48N2O/c1-4-7-10-13-14-15-16-17-20-24-23(26)25(21-18-11-8-5-2)22-19-12-9-6-3/h4-22H2,1-3H3,(H,24,26). The normalized spacial score (nSPS) is 10.9. The van der Waals surface area contributed by atoms with Gasteiger partial charge in [-0.1, -0.05) is 104 Å². The lowest BCUT2D eigenvalue weighted by molar-refractivity contribution is 0.195. The summed E-state index contributed by atoms with van der Waals surface area (Å²) in [6.45, 7) is 9.43. The van der Waals surface area contributed by atoms with Crippen LogP contribution in [0.3, 0.4) is 0 Å². The SMILES string of the molecule is CCCCCCCCCCNC(=O)N(CCCCCC)CCCCCC. The van der Waals surface area contributed by atoms with Crippen LogP contribution in [0.2, 0.25) is 0 Å². The van der Waals surface area contributed by atoms with E-state index in [4.69, 9.17) is 0 Å². The molecule has 0 unspecified atom stereocenters. The predicted molar refractivity (Wildman–Crippen MR) is 116 cm³/mol. The Morgan fingerprint density at radius 1 is 0.577 bits per heavy atom. The molecule has 0 bridgehead atoms. The third-order valence-electron chi connectivity index (χ3n) is 5.16. The van der Waals surface area contributed by atoms with Crippen molar-refractivity contribution in [1.29, 1.82) is 0 Å². The van der Waals surface area contributed by atoms with Crippen molar-refractivity contribution in [1.82, 2.24) is 10.2 Å². The molecule has 0 aliphatic heterocycles. The fourth-order valence-electron chi connectivity index (χ4n) is 3.34. The molecule has 0 radical (unpaired) electrons. The van der Waals surface area contributed by atoms with E-state index in [1.54, 1.807) is 0 Å². The molecule has 0 heterocycles. The van der Waals surface area contributed by atoms with Crippen LogP contribution in [0.15, 0.2) is 0 Å². The minimum absolute atomic E-state index is 0.168. The van der Waals surface area contributed by atoms with E-state index < -0.39 is 0 Å². The van der Waals surface area contributed by atoms with Crippen LogP contribution in [0.4, 0.5) is 4.79 Å². The Hall–Kier alpha value is -0.730. The molecule has 0 aromatic carbocycles. The molecule has 156 valence electrons. The van der Waals surface area contributed by atoms with E-state index >= 15 is 0 Å². The maximum Gasteiger partial charge on any atom is 0.317 e. The van der Waals surface area contributed by atoms with Crippen molar-refractivity contribution in [2.75, 3.05) is 19.6 Å². The second kappa shape index (κ2) is 20.6. The maximum atomic E-state index is 12.5. The van der Waals surface area contributed by atoms with Gasteiger partial charge in [0.2, 0.25) is 0 Å². The summed E-state index contributed by atoms with van der Waals surface area (Å²) >= 11 is 0. The number of carbonyl (C=O) groups is 1. The molecule has 0 fully saturated rings. The fraction of sp³-hybridized carbons (Fsp3) is 0.957. The Kier molecular flexibility index (Phi) is 20.0. The molecule has 3 nitrogen and oxygen atoms in total. The summed E-state index contributed by atoms with van der Waals surface area (Å²) in [6.07, 6.45) is 20.4. The number of amides is 2. The summed E-state index contributed by atoms with van der Waals surface area (Å²) in [4.78, 5) is 14.6. The summed E-state index contributed by atoms with van der Waals surface area (Å²) in [5.74, 6) is 0.